The molecular weight excluding hydrogens is 136 g/mol. The predicted octanol–water partition coefficient (Wildman–Crippen LogP) is 1.78. The minimum absolute atomic E-state index is 0.850. The highest BCUT2D eigenvalue weighted by Crippen LogP contribution is 2.52. The summed E-state index contributed by atoms with van der Waals surface area (Å²) in [6, 6.07) is 0. The molecule has 0 aromatic carbocycles. The molecule has 2 heteroatoms. The topological polar surface area (TPSA) is 17.8 Å². The first kappa shape index (κ1) is 5.81. The number of hydrogen-bond acceptors (Lipinski definition) is 1. The molecule has 0 saturated heterocycles. The van der Waals surface area contributed by atoms with Crippen molar-refractivity contribution in [2.45, 2.75) is 31.1 Å². The van der Waals surface area contributed by atoms with Crippen LogP contribution in [0, 0.1) is 0 Å². The molecule has 2 unspecified atom stereocenters. The van der Waals surface area contributed by atoms with E-state index in [0.717, 1.165) is 11.8 Å². The van der Waals surface area contributed by atoms with Gasteiger partial charge in [-0.1, -0.05) is 0 Å². The van der Waals surface area contributed by atoms with Crippen LogP contribution < -0.4 is 0 Å². The molecule has 0 radical (unpaired) electrons. The summed E-state index contributed by atoms with van der Waals surface area (Å²) < 4.78 is 2.07. The van der Waals surface area contributed by atoms with Crippen molar-refractivity contribution in [3.63, 3.8) is 0 Å². The minimum Gasteiger partial charge on any atom is -0.272 e. The van der Waals surface area contributed by atoms with Crippen molar-refractivity contribution in [3.8, 4) is 0 Å². The van der Waals surface area contributed by atoms with Gasteiger partial charge >= 0.3 is 0 Å². The second kappa shape index (κ2) is 1.68. The summed E-state index contributed by atoms with van der Waals surface area (Å²) in [7, 11) is 2.07. The second-order valence-corrected chi connectivity index (χ2v) is 3.82. The van der Waals surface area contributed by atoms with Crippen molar-refractivity contribution in [1.29, 1.82) is 0 Å². The number of aryl methyl sites for hydroxylation is 1. The van der Waals surface area contributed by atoms with Crippen LogP contribution in [0.25, 0.3) is 0 Å². The molecule has 2 aliphatic carbocycles. The number of fused-ring (bicyclic) bond motifs is 5. The van der Waals surface area contributed by atoms with Crippen molar-refractivity contribution in [1.82, 2.24) is 9.78 Å². The fourth-order valence-corrected chi connectivity index (χ4v) is 2.79. The number of hydrogen-bond donors (Lipinski definition) is 0. The molecule has 58 valence electrons. The molecule has 2 atom stereocenters. The summed E-state index contributed by atoms with van der Waals surface area (Å²) in [6.07, 6.45) is 6.28. The average molecular weight is 148 g/mol. The molecule has 0 spiro atoms. The molecule has 1 aromatic heterocycles. The lowest BCUT2D eigenvalue weighted by atomic mass is 9.98. The van der Waals surface area contributed by atoms with Gasteiger partial charge in [0.15, 0.2) is 0 Å². The van der Waals surface area contributed by atoms with E-state index >= 15 is 0 Å². The van der Waals surface area contributed by atoms with E-state index in [0.29, 0.717) is 0 Å². The third-order valence-electron chi connectivity index (χ3n) is 3.27. The van der Waals surface area contributed by atoms with Gasteiger partial charge in [-0.25, -0.2) is 0 Å². The van der Waals surface area contributed by atoms with Crippen LogP contribution in [0.15, 0.2) is 6.20 Å². The molecule has 0 N–H and O–H groups in total. The molecule has 1 heterocycles. The summed E-state index contributed by atoms with van der Waals surface area (Å²) in [5.74, 6) is 1.71. The lowest BCUT2D eigenvalue weighted by Crippen LogP contribution is -2.02. The van der Waals surface area contributed by atoms with Gasteiger partial charge in [-0.3, -0.25) is 4.68 Å². The zero-order chi connectivity index (χ0) is 7.42. The smallest absolute Gasteiger partial charge is 0.0527 e. The first-order chi connectivity index (χ1) is 5.36. The molecule has 3 rings (SSSR count). The Bertz CT molecular complexity index is 301. The van der Waals surface area contributed by atoms with E-state index in [4.69, 9.17) is 0 Å². The normalized spacial score (nSPS) is 32.8. The summed E-state index contributed by atoms with van der Waals surface area (Å²) in [5.41, 5.74) is 3.07. The van der Waals surface area contributed by atoms with Crippen molar-refractivity contribution in [2.75, 3.05) is 0 Å². The van der Waals surface area contributed by atoms with Gasteiger partial charge < -0.3 is 0 Å². The zero-order valence-electron chi connectivity index (χ0n) is 6.75. The molecule has 0 aliphatic heterocycles. The van der Waals surface area contributed by atoms with Gasteiger partial charge in [0.2, 0.25) is 0 Å². The third kappa shape index (κ3) is 0.561. The van der Waals surface area contributed by atoms with Crippen molar-refractivity contribution >= 4 is 0 Å². The summed E-state index contributed by atoms with van der Waals surface area (Å²) in [4.78, 5) is 0. The highest BCUT2D eigenvalue weighted by molar-refractivity contribution is 5.35. The zero-order valence-corrected chi connectivity index (χ0v) is 6.75. The molecule has 11 heavy (non-hydrogen) atoms. The number of nitrogens with zero attached hydrogens (tertiary/aromatic N) is 2. The fraction of sp³-hybridized carbons (Fsp3) is 0.667. The molecular formula is C9H12N2. The van der Waals surface area contributed by atoms with Crippen LogP contribution in [0.1, 0.15) is 42.4 Å². The summed E-state index contributed by atoms with van der Waals surface area (Å²) >= 11 is 0. The lowest BCUT2D eigenvalue weighted by Gasteiger charge is -2.10. The molecule has 2 bridgehead atoms. The Balaban J connectivity index is 2.25. The Labute approximate surface area is 66.2 Å². The molecule has 2 nitrogen and oxygen atoms in total. The maximum atomic E-state index is 4.30. The van der Waals surface area contributed by atoms with E-state index in [-0.39, 0.29) is 0 Å². The first-order valence-corrected chi connectivity index (χ1v) is 4.38. The molecule has 0 amide bonds. The van der Waals surface area contributed by atoms with E-state index in [2.05, 4.69) is 23.0 Å². The third-order valence-corrected chi connectivity index (χ3v) is 3.27. The largest absolute Gasteiger partial charge is 0.272 e. The molecule has 1 fully saturated rings. The Kier molecular flexibility index (Phi) is 0.888. The highest BCUT2D eigenvalue weighted by atomic mass is 15.3. The van der Waals surface area contributed by atoms with Crippen LogP contribution in [-0.4, -0.2) is 9.78 Å². The van der Waals surface area contributed by atoms with Gasteiger partial charge in [0.25, 0.3) is 0 Å². The number of aromatic nitrogens is 2. The predicted molar refractivity (Wildman–Crippen MR) is 42.5 cm³/mol. The maximum absolute atomic E-state index is 4.30. The van der Waals surface area contributed by atoms with Gasteiger partial charge in [0.1, 0.15) is 0 Å². The molecule has 2 aliphatic rings. The SMILES string of the molecule is Cn1ncc2c1C1CCC2C1. The number of rotatable bonds is 0. The van der Waals surface area contributed by atoms with E-state index < -0.39 is 0 Å². The highest BCUT2D eigenvalue weighted by Gasteiger charge is 2.39. The molecule has 1 aromatic rings. The Morgan fingerprint density at radius 3 is 3.09 bits per heavy atom. The van der Waals surface area contributed by atoms with Crippen LogP contribution in [0.3, 0.4) is 0 Å². The van der Waals surface area contributed by atoms with E-state index in [1.54, 1.807) is 5.56 Å². The maximum Gasteiger partial charge on any atom is 0.0527 e. The van der Waals surface area contributed by atoms with Gasteiger partial charge in [-0.05, 0) is 30.7 Å². The van der Waals surface area contributed by atoms with E-state index in [1.165, 1.54) is 25.0 Å². The fourth-order valence-electron chi connectivity index (χ4n) is 2.79. The van der Waals surface area contributed by atoms with Crippen LogP contribution in [0.4, 0.5) is 0 Å². The van der Waals surface area contributed by atoms with Crippen LogP contribution >= 0.6 is 0 Å². The quantitative estimate of drug-likeness (QED) is 0.548. The van der Waals surface area contributed by atoms with Gasteiger partial charge in [0.05, 0.1) is 6.20 Å². The van der Waals surface area contributed by atoms with Gasteiger partial charge in [-0.15, -0.1) is 0 Å². The average Bonchev–Trinajstić information content (AvgIpc) is 2.60. The van der Waals surface area contributed by atoms with Crippen LogP contribution in [-0.2, 0) is 7.05 Å². The first-order valence-electron chi connectivity index (χ1n) is 4.38. The minimum atomic E-state index is 0.850. The Morgan fingerprint density at radius 2 is 2.27 bits per heavy atom. The van der Waals surface area contributed by atoms with Crippen molar-refractivity contribution in [2.24, 2.45) is 7.05 Å². The summed E-state index contributed by atoms with van der Waals surface area (Å²) in [6.45, 7) is 0. The Hall–Kier alpha value is -0.790. The standard InChI is InChI=1S/C9H12N2/c1-11-9-7-3-2-6(4-7)8(9)5-10-11/h5-7H,2-4H2,1H3. The van der Waals surface area contributed by atoms with E-state index in [1.807, 2.05) is 0 Å². The monoisotopic (exact) mass is 148 g/mol. The summed E-state index contributed by atoms with van der Waals surface area (Å²) in [5, 5.41) is 4.30. The molecule has 1 saturated carbocycles. The Morgan fingerprint density at radius 1 is 1.45 bits per heavy atom. The van der Waals surface area contributed by atoms with Gasteiger partial charge in [0, 0.05) is 18.7 Å². The van der Waals surface area contributed by atoms with Crippen LogP contribution in [0.5, 0.6) is 0 Å². The lowest BCUT2D eigenvalue weighted by molar-refractivity contribution is 0.625. The second-order valence-electron chi connectivity index (χ2n) is 3.82. The van der Waals surface area contributed by atoms with Crippen LogP contribution in [0.2, 0.25) is 0 Å². The van der Waals surface area contributed by atoms with E-state index in [9.17, 15) is 0 Å². The van der Waals surface area contributed by atoms with Crippen molar-refractivity contribution in [3.05, 3.63) is 17.5 Å². The van der Waals surface area contributed by atoms with Gasteiger partial charge in [-0.2, -0.15) is 5.10 Å². The van der Waals surface area contributed by atoms with Crippen molar-refractivity contribution < 1.29 is 0 Å².